The van der Waals surface area contributed by atoms with Crippen molar-refractivity contribution in [2.45, 2.75) is 5.92 Å². The smallest absolute Gasteiger partial charge is 1.00 e. The van der Waals surface area contributed by atoms with Crippen LogP contribution in [0.15, 0.2) is 54.6 Å². The Bertz CT molecular complexity index is 570. The fourth-order valence-electron chi connectivity index (χ4n) is 2.27. The van der Waals surface area contributed by atoms with E-state index < -0.39 is 0 Å². The number of benzene rings is 2. The number of phenols is 1. The zero-order valence-corrected chi connectivity index (χ0v) is 14.0. The van der Waals surface area contributed by atoms with Gasteiger partial charge in [-0.3, -0.25) is 0 Å². The van der Waals surface area contributed by atoms with Gasteiger partial charge in [-0.2, -0.15) is 0 Å². The van der Waals surface area contributed by atoms with Crippen LogP contribution < -0.4 is 24.8 Å². The van der Waals surface area contributed by atoms with Gasteiger partial charge in [0, 0.05) is 11.5 Å². The molecule has 3 rings (SSSR count). The van der Waals surface area contributed by atoms with Crippen molar-refractivity contribution in [2.75, 3.05) is 0 Å². The average molecular weight is 370 g/mol. The number of hydrogen-bond donors (Lipinski definition) is 1. The van der Waals surface area contributed by atoms with Gasteiger partial charge in [0.1, 0.15) is 5.75 Å². The predicted octanol–water partition coefficient (Wildman–Crippen LogP) is -2.44. The minimum Gasteiger partial charge on any atom is -1.00 e. The molecule has 0 saturated heterocycles. The van der Waals surface area contributed by atoms with E-state index in [2.05, 4.69) is 24.3 Å². The second-order valence-electron chi connectivity index (χ2n) is 4.02. The number of aromatic hydroxyl groups is 1. The predicted molar refractivity (Wildman–Crippen MR) is 65.4 cm³/mol. The van der Waals surface area contributed by atoms with Gasteiger partial charge in [-0.15, -0.1) is 0 Å². The number of fused-ring (bicyclic) bond motifs is 1. The second-order valence-corrected chi connectivity index (χ2v) is 4.02. The molecule has 0 radical (unpaired) electrons. The van der Waals surface area contributed by atoms with E-state index in [1.165, 1.54) is 11.1 Å². The summed E-state index contributed by atoms with van der Waals surface area (Å²) >= 11 is 0. The maximum atomic E-state index is 9.86. The number of hydrogen-bond acceptors (Lipinski definition) is 1. The van der Waals surface area contributed by atoms with E-state index in [1.807, 2.05) is 30.3 Å². The van der Waals surface area contributed by atoms with Gasteiger partial charge in [-0.05, 0) is 17.2 Å². The van der Waals surface area contributed by atoms with Crippen LogP contribution in [0, 0.1) is 0 Å². The van der Waals surface area contributed by atoms with Crippen LogP contribution in [-0.2, 0) is 26.2 Å². The van der Waals surface area contributed by atoms with Crippen LogP contribution in [0.1, 0.15) is 22.6 Å². The summed E-state index contributed by atoms with van der Waals surface area (Å²) < 4.78 is 0. The molecule has 19 heavy (non-hydrogen) atoms. The Morgan fingerprint density at radius 3 is 2.05 bits per heavy atom. The van der Waals surface area contributed by atoms with Gasteiger partial charge in [-0.25, -0.2) is 0 Å². The molecule has 1 atom stereocenters. The summed E-state index contributed by atoms with van der Waals surface area (Å²) in [5.74, 6) is 0.561. The molecule has 1 unspecified atom stereocenters. The van der Waals surface area contributed by atoms with Gasteiger partial charge in [0.2, 0.25) is 0 Å². The minimum absolute atomic E-state index is 0. The fourth-order valence-corrected chi connectivity index (χ4v) is 2.27. The van der Waals surface area contributed by atoms with Gasteiger partial charge in [0.05, 0.1) is 0 Å². The molecule has 96 valence electrons. The molecule has 2 aromatic rings. The molecular weight excluding hydrogens is 358 g/mol. The van der Waals surface area contributed by atoms with Crippen LogP contribution >= 0.6 is 0 Å². The first kappa shape index (κ1) is 18.4. The summed E-state index contributed by atoms with van der Waals surface area (Å²) in [7, 11) is 0. The van der Waals surface area contributed by atoms with E-state index in [0.717, 1.165) is 5.56 Å². The molecule has 1 aliphatic carbocycles. The zero-order valence-electron chi connectivity index (χ0n) is 10.1. The summed E-state index contributed by atoms with van der Waals surface area (Å²) in [5.41, 5.74) is 3.49. The van der Waals surface area contributed by atoms with Crippen LogP contribution in [0.3, 0.4) is 0 Å². The third kappa shape index (κ3) is 3.51. The van der Waals surface area contributed by atoms with Crippen molar-refractivity contribution < 1.29 is 56.1 Å². The molecule has 0 fully saturated rings. The molecular formula is C15H12Cl2OZr. The summed E-state index contributed by atoms with van der Waals surface area (Å²) in [6.45, 7) is 0. The molecule has 0 spiro atoms. The van der Waals surface area contributed by atoms with Crippen molar-refractivity contribution in [1.29, 1.82) is 0 Å². The molecule has 0 saturated carbocycles. The SMILES string of the molecule is Oc1ccccc1C1C=Cc2ccccc21.[Cl-].[Cl-].[Zr+2]. The first-order valence-electron chi connectivity index (χ1n) is 5.41. The van der Waals surface area contributed by atoms with Crippen LogP contribution in [0.5, 0.6) is 5.75 Å². The fraction of sp³-hybridized carbons (Fsp3) is 0.0667. The van der Waals surface area contributed by atoms with E-state index in [1.54, 1.807) is 6.07 Å². The quantitative estimate of drug-likeness (QED) is 0.592. The van der Waals surface area contributed by atoms with Gasteiger partial charge in [-0.1, -0.05) is 54.6 Å². The van der Waals surface area contributed by atoms with Crippen molar-refractivity contribution in [3.05, 3.63) is 71.3 Å². The normalized spacial score (nSPS) is 14.6. The Kier molecular flexibility index (Phi) is 7.66. The van der Waals surface area contributed by atoms with Crippen molar-refractivity contribution in [2.24, 2.45) is 0 Å². The third-order valence-electron chi connectivity index (χ3n) is 3.07. The molecule has 2 aromatic carbocycles. The van der Waals surface area contributed by atoms with E-state index in [-0.39, 0.29) is 56.9 Å². The van der Waals surface area contributed by atoms with Crippen LogP contribution in [0.25, 0.3) is 6.08 Å². The second kappa shape index (κ2) is 7.89. The number of halogens is 2. The van der Waals surface area contributed by atoms with Crippen molar-refractivity contribution in [3.63, 3.8) is 0 Å². The van der Waals surface area contributed by atoms with Crippen LogP contribution in [-0.4, -0.2) is 5.11 Å². The molecule has 0 bridgehead atoms. The number of rotatable bonds is 1. The third-order valence-corrected chi connectivity index (χ3v) is 3.07. The van der Waals surface area contributed by atoms with Crippen molar-refractivity contribution in [1.82, 2.24) is 0 Å². The first-order valence-corrected chi connectivity index (χ1v) is 5.41. The monoisotopic (exact) mass is 368 g/mol. The largest absolute Gasteiger partial charge is 2.00 e. The number of para-hydroxylation sites is 1. The van der Waals surface area contributed by atoms with Crippen molar-refractivity contribution in [3.8, 4) is 5.75 Å². The molecule has 4 heteroatoms. The zero-order chi connectivity index (χ0) is 11.0. The Morgan fingerprint density at radius 2 is 1.37 bits per heavy atom. The van der Waals surface area contributed by atoms with Gasteiger partial charge in [0.25, 0.3) is 0 Å². The summed E-state index contributed by atoms with van der Waals surface area (Å²) in [5, 5.41) is 9.86. The molecule has 0 aliphatic heterocycles. The summed E-state index contributed by atoms with van der Waals surface area (Å²) in [4.78, 5) is 0. The van der Waals surface area contributed by atoms with E-state index in [4.69, 9.17) is 0 Å². The van der Waals surface area contributed by atoms with E-state index in [0.29, 0.717) is 5.75 Å². The number of allylic oxidation sites excluding steroid dienone is 1. The molecule has 0 amide bonds. The van der Waals surface area contributed by atoms with E-state index in [9.17, 15) is 5.11 Å². The Hall–Kier alpha value is -0.557. The standard InChI is InChI=1S/C15H12O.2ClH.Zr/c16-15-8-4-3-7-14(15)13-10-9-11-5-1-2-6-12(11)13;;;/h1-10,13,16H;2*1H;/q;;;+2/p-2. The molecule has 1 N–H and O–H groups in total. The van der Waals surface area contributed by atoms with Crippen molar-refractivity contribution >= 4 is 6.08 Å². The van der Waals surface area contributed by atoms with Gasteiger partial charge in [0.15, 0.2) is 0 Å². The maximum Gasteiger partial charge on any atom is 2.00 e. The summed E-state index contributed by atoms with van der Waals surface area (Å²) in [6, 6.07) is 15.8. The average Bonchev–Trinajstić information content (AvgIpc) is 2.74. The number of phenolic OH excluding ortho intramolecular Hbond substituents is 1. The Morgan fingerprint density at radius 1 is 0.789 bits per heavy atom. The summed E-state index contributed by atoms with van der Waals surface area (Å²) in [6.07, 6.45) is 4.26. The van der Waals surface area contributed by atoms with Crippen LogP contribution in [0.4, 0.5) is 0 Å². The molecule has 0 aromatic heterocycles. The Labute approximate surface area is 144 Å². The topological polar surface area (TPSA) is 20.2 Å². The van der Waals surface area contributed by atoms with E-state index >= 15 is 0 Å². The van der Waals surface area contributed by atoms with Gasteiger partial charge >= 0.3 is 26.2 Å². The first-order chi connectivity index (χ1) is 7.86. The Balaban J connectivity index is 0.00000108. The van der Waals surface area contributed by atoms with Crippen LogP contribution in [0.2, 0.25) is 0 Å². The molecule has 1 nitrogen and oxygen atoms in total. The molecule has 0 heterocycles. The molecule has 1 aliphatic rings. The van der Waals surface area contributed by atoms with Gasteiger partial charge < -0.3 is 29.9 Å². The minimum atomic E-state index is 0. The maximum absolute atomic E-state index is 9.86.